The van der Waals surface area contributed by atoms with Crippen LogP contribution in [0.3, 0.4) is 0 Å². The Kier molecular flexibility index (Phi) is 30.7. The third-order valence-corrected chi connectivity index (χ3v) is 11.9. The molecule has 0 bridgehead atoms. The second-order valence-corrected chi connectivity index (χ2v) is 16.9. The highest BCUT2D eigenvalue weighted by Crippen LogP contribution is 2.21. The van der Waals surface area contributed by atoms with E-state index in [0.29, 0.717) is 89.6 Å². The molecule has 0 unspecified atom stereocenters. The second-order valence-electron chi connectivity index (χ2n) is 15.2. The Bertz CT molecular complexity index is 1390. The number of aliphatic imine (C=N–C) groups is 1. The Balaban J connectivity index is 2.91. The molecule has 60 heavy (non-hydrogen) atoms. The number of carbonyl (C=O) groups excluding carboxylic acids is 8. The van der Waals surface area contributed by atoms with Crippen LogP contribution in [0.25, 0.3) is 0 Å². The number of nitrogens with one attached hydrogen (secondary N) is 3. The van der Waals surface area contributed by atoms with E-state index in [-0.39, 0.29) is 110 Å². The molecule has 0 aromatic heterocycles. The molecule has 0 saturated carbocycles. The minimum atomic E-state index is -0.797. The van der Waals surface area contributed by atoms with E-state index in [2.05, 4.69) is 36.9 Å². The minimum Gasteiger partial charge on any atom is -0.379 e. The van der Waals surface area contributed by atoms with Gasteiger partial charge in [-0.05, 0) is 57.9 Å². The van der Waals surface area contributed by atoms with E-state index in [9.17, 15) is 38.4 Å². The number of rotatable bonds is 27. The van der Waals surface area contributed by atoms with Crippen molar-refractivity contribution in [2.75, 3.05) is 70.7 Å². The van der Waals surface area contributed by atoms with Crippen molar-refractivity contribution in [1.82, 2.24) is 20.9 Å². The van der Waals surface area contributed by atoms with Crippen molar-refractivity contribution >= 4 is 80.0 Å². The maximum Gasteiger partial charge on any atom is 0.222 e. The molecule has 0 radical (unpaired) electrons. The van der Waals surface area contributed by atoms with Crippen molar-refractivity contribution in [2.24, 2.45) is 28.3 Å². The lowest BCUT2D eigenvalue weighted by Gasteiger charge is -2.26. The first-order valence-corrected chi connectivity index (χ1v) is 23.3. The van der Waals surface area contributed by atoms with Gasteiger partial charge >= 0.3 is 0 Å². The average molecular weight is 933 g/mol. The first-order valence-electron chi connectivity index (χ1n) is 21.2. The zero-order valence-corrected chi connectivity index (χ0v) is 38.3. The van der Waals surface area contributed by atoms with Crippen LogP contribution in [0.4, 0.5) is 0 Å². The van der Waals surface area contributed by atoms with Crippen LogP contribution in [0.2, 0.25) is 0 Å². The molecule has 1 aliphatic rings. The molecule has 0 aromatic rings. The molecule has 0 aromatic carbocycles. The number of hydrogen-bond acceptors (Lipinski definition) is 14. The standard InChI is InChI=1S/C41H70BrN7O10S/c1-4-29(2)40-34(52)13-12-30(9-5-6-18-45-37(55)16-21-59-23-22-58-20-8-11-32(51)25-42)35(53)26-47-33(17-24-60-39(57)15-14-38(56)48-40)36(54)27-49(3)31(28-50)10-7-19-46-41(43)44/h28-31,33,40,47H,4-27H2,1-3H3,(H,45,55)(H,48,56)(H4,43,44,46)/t29-,30+,31-,33-,40-/m0/s1. The fourth-order valence-electron chi connectivity index (χ4n) is 6.41. The molecule has 1 saturated heterocycles. The number of halogens is 1. The van der Waals surface area contributed by atoms with Crippen LogP contribution in [-0.4, -0.2) is 146 Å². The van der Waals surface area contributed by atoms with Gasteiger partial charge in [0, 0.05) is 63.5 Å². The number of amides is 2. The summed E-state index contributed by atoms with van der Waals surface area (Å²) in [5.74, 6) is -1.50. The van der Waals surface area contributed by atoms with Crippen LogP contribution >= 0.6 is 27.7 Å². The van der Waals surface area contributed by atoms with Crippen molar-refractivity contribution in [3.63, 3.8) is 0 Å². The van der Waals surface area contributed by atoms with Gasteiger partial charge in [0.2, 0.25) is 11.8 Å². The molecule has 17 nitrogen and oxygen atoms in total. The van der Waals surface area contributed by atoms with Gasteiger partial charge in [0.1, 0.15) is 17.9 Å². The first kappa shape index (κ1) is 54.9. The molecule has 1 heterocycles. The average Bonchev–Trinajstić information content (AvgIpc) is 3.22. The Labute approximate surface area is 368 Å². The summed E-state index contributed by atoms with van der Waals surface area (Å²) in [6.07, 6.45) is 5.73. The molecule has 19 heteroatoms. The largest absolute Gasteiger partial charge is 0.379 e. The fraction of sp³-hybridized carbons (Fsp3) is 0.780. The highest BCUT2D eigenvalue weighted by molar-refractivity contribution is 9.09. The maximum absolute atomic E-state index is 13.8. The quantitative estimate of drug-likeness (QED) is 0.0260. The summed E-state index contributed by atoms with van der Waals surface area (Å²) < 4.78 is 10.9. The van der Waals surface area contributed by atoms with Gasteiger partial charge in [0.05, 0.1) is 56.4 Å². The summed E-state index contributed by atoms with van der Waals surface area (Å²) in [4.78, 5) is 108. The first-order chi connectivity index (χ1) is 28.7. The van der Waals surface area contributed by atoms with Gasteiger partial charge in [0.15, 0.2) is 22.6 Å². The van der Waals surface area contributed by atoms with E-state index in [1.807, 2.05) is 13.8 Å². The van der Waals surface area contributed by atoms with Crippen molar-refractivity contribution < 1.29 is 47.8 Å². The summed E-state index contributed by atoms with van der Waals surface area (Å²) in [5, 5.41) is 8.95. The number of likely N-dealkylation sites (N-methyl/N-ethyl adjacent to an activating group) is 1. The van der Waals surface area contributed by atoms with Crippen LogP contribution in [0.15, 0.2) is 4.99 Å². The smallest absolute Gasteiger partial charge is 0.222 e. The number of ketones is 4. The molecule has 5 atom stereocenters. The zero-order valence-electron chi connectivity index (χ0n) is 35.9. The van der Waals surface area contributed by atoms with E-state index in [1.54, 1.807) is 11.9 Å². The number of aldehydes is 1. The van der Waals surface area contributed by atoms with Gasteiger partial charge in [-0.15, -0.1) is 0 Å². The molecule has 0 spiro atoms. The van der Waals surface area contributed by atoms with Crippen molar-refractivity contribution in [1.29, 1.82) is 0 Å². The molecule has 2 amide bonds. The van der Waals surface area contributed by atoms with Crippen molar-refractivity contribution in [3.8, 4) is 0 Å². The van der Waals surface area contributed by atoms with E-state index in [1.165, 1.54) is 0 Å². The molecular weight excluding hydrogens is 862 g/mol. The van der Waals surface area contributed by atoms with Crippen LogP contribution in [-0.2, 0) is 47.8 Å². The molecule has 1 fully saturated rings. The lowest BCUT2D eigenvalue weighted by Crippen LogP contribution is -2.47. The summed E-state index contributed by atoms with van der Waals surface area (Å²) in [7, 11) is 1.67. The van der Waals surface area contributed by atoms with Crippen molar-refractivity contribution in [2.45, 2.75) is 122 Å². The predicted molar refractivity (Wildman–Crippen MR) is 236 cm³/mol. The number of guanidine groups is 1. The monoisotopic (exact) mass is 931 g/mol. The third-order valence-electron chi connectivity index (χ3n) is 10.3. The van der Waals surface area contributed by atoms with Crippen LogP contribution in [0.5, 0.6) is 0 Å². The van der Waals surface area contributed by atoms with E-state index >= 15 is 0 Å². The number of ether oxygens (including phenoxy) is 2. The summed E-state index contributed by atoms with van der Waals surface area (Å²) in [6.45, 7) is 5.73. The van der Waals surface area contributed by atoms with E-state index in [4.69, 9.17) is 20.9 Å². The SMILES string of the molecule is CC[C@H](C)[C@@H]1NC(=O)CCC(=O)SCC[C@@H](C(=O)CN(C)[C@H](C=O)CCCN=C(N)N)NCC(=O)[C@H](CCCCNC(=O)CCOCCOCCCC(=O)CBr)CCC1=O. The number of nitrogens with zero attached hydrogens (tertiary/aromatic N) is 2. The van der Waals surface area contributed by atoms with Gasteiger partial charge in [-0.3, -0.25) is 43.5 Å². The van der Waals surface area contributed by atoms with Crippen LogP contribution < -0.4 is 27.4 Å². The van der Waals surface area contributed by atoms with Gasteiger partial charge in [-0.25, -0.2) is 0 Å². The summed E-state index contributed by atoms with van der Waals surface area (Å²) >= 11 is 4.14. The molecule has 7 N–H and O–H groups in total. The zero-order chi connectivity index (χ0) is 44.7. The fourth-order valence-corrected chi connectivity index (χ4v) is 7.52. The number of thioether (sulfide) groups is 1. The lowest BCUT2D eigenvalue weighted by molar-refractivity contribution is -0.130. The summed E-state index contributed by atoms with van der Waals surface area (Å²) in [6, 6.07) is -2.11. The molecule has 1 aliphatic heterocycles. The number of carbonyl (C=O) groups is 8. The summed E-state index contributed by atoms with van der Waals surface area (Å²) in [5.41, 5.74) is 10.8. The van der Waals surface area contributed by atoms with Crippen LogP contribution in [0, 0.1) is 11.8 Å². The highest BCUT2D eigenvalue weighted by atomic mass is 79.9. The number of nitrogens with two attached hydrogens (primary N) is 2. The number of alkyl halides is 1. The minimum absolute atomic E-state index is 0.0262. The van der Waals surface area contributed by atoms with Crippen molar-refractivity contribution in [3.05, 3.63) is 0 Å². The number of unbranched alkanes of at least 4 members (excludes halogenated alkanes) is 1. The predicted octanol–water partition coefficient (Wildman–Crippen LogP) is 2.03. The molecule has 1 rings (SSSR count). The lowest BCUT2D eigenvalue weighted by atomic mass is 9.87. The van der Waals surface area contributed by atoms with Gasteiger partial charge < -0.3 is 41.7 Å². The van der Waals surface area contributed by atoms with E-state index in [0.717, 1.165) is 18.0 Å². The highest BCUT2D eigenvalue weighted by Gasteiger charge is 2.29. The van der Waals surface area contributed by atoms with Gasteiger partial charge in [-0.2, -0.15) is 0 Å². The maximum atomic E-state index is 13.8. The topological polar surface area (TPSA) is 259 Å². The Morgan fingerprint density at radius 3 is 2.40 bits per heavy atom. The second kappa shape index (κ2) is 33.5. The number of hydrogen-bond donors (Lipinski definition) is 5. The van der Waals surface area contributed by atoms with E-state index < -0.39 is 30.0 Å². The number of Topliss-reactive ketones (excluding diaryl/α,β-unsaturated/α-hetero) is 4. The Hall–Kier alpha value is -3.10. The molecule has 342 valence electrons. The van der Waals surface area contributed by atoms with Gasteiger partial charge in [-0.1, -0.05) is 54.4 Å². The third kappa shape index (κ3) is 25.6. The van der Waals surface area contributed by atoms with Crippen LogP contribution in [0.1, 0.15) is 104 Å². The molecule has 0 aliphatic carbocycles. The normalized spacial score (nSPS) is 19.9. The Morgan fingerprint density at radius 2 is 1.72 bits per heavy atom. The molecular formula is C41H70BrN7O10S. The Morgan fingerprint density at radius 1 is 0.983 bits per heavy atom. The van der Waals surface area contributed by atoms with Gasteiger partial charge in [0.25, 0.3) is 0 Å².